The molecule has 2 amide bonds. The lowest BCUT2D eigenvalue weighted by atomic mass is 10.1. The SMILES string of the molecule is CC(=O)Nc1ccc(OC(C)C(=O)NCc2ccc(C)cc2)cc1. The lowest BCUT2D eigenvalue weighted by molar-refractivity contribution is -0.127. The standard InChI is InChI=1S/C19H22N2O3/c1-13-4-6-16(7-5-13)12-20-19(23)14(2)24-18-10-8-17(9-11-18)21-15(3)22/h4-11,14H,12H2,1-3H3,(H,20,23)(H,21,22). The molecule has 0 radical (unpaired) electrons. The van der Waals surface area contributed by atoms with Crippen molar-refractivity contribution in [2.24, 2.45) is 0 Å². The van der Waals surface area contributed by atoms with E-state index in [0.717, 1.165) is 5.56 Å². The zero-order chi connectivity index (χ0) is 17.5. The zero-order valence-corrected chi connectivity index (χ0v) is 14.1. The average molecular weight is 326 g/mol. The molecule has 0 aliphatic rings. The van der Waals surface area contributed by atoms with E-state index in [2.05, 4.69) is 10.6 Å². The Morgan fingerprint density at radius 1 is 1.04 bits per heavy atom. The van der Waals surface area contributed by atoms with Crippen LogP contribution in [0.4, 0.5) is 5.69 Å². The van der Waals surface area contributed by atoms with E-state index < -0.39 is 6.10 Å². The molecule has 0 aliphatic carbocycles. The number of benzene rings is 2. The first kappa shape index (κ1) is 17.5. The molecular weight excluding hydrogens is 304 g/mol. The van der Waals surface area contributed by atoms with Crippen molar-refractivity contribution in [1.29, 1.82) is 0 Å². The fourth-order valence-electron chi connectivity index (χ4n) is 2.12. The fourth-order valence-corrected chi connectivity index (χ4v) is 2.12. The number of aryl methyl sites for hydroxylation is 1. The molecule has 2 N–H and O–H groups in total. The summed E-state index contributed by atoms with van der Waals surface area (Å²) in [7, 11) is 0. The number of hydrogen-bond donors (Lipinski definition) is 2. The summed E-state index contributed by atoms with van der Waals surface area (Å²) in [4.78, 5) is 23.1. The van der Waals surface area contributed by atoms with Crippen LogP contribution in [0.15, 0.2) is 48.5 Å². The van der Waals surface area contributed by atoms with Gasteiger partial charge >= 0.3 is 0 Å². The zero-order valence-electron chi connectivity index (χ0n) is 14.1. The number of anilines is 1. The number of hydrogen-bond acceptors (Lipinski definition) is 3. The Labute approximate surface area is 142 Å². The van der Waals surface area contributed by atoms with E-state index in [4.69, 9.17) is 4.74 Å². The lowest BCUT2D eigenvalue weighted by Gasteiger charge is -2.15. The summed E-state index contributed by atoms with van der Waals surface area (Å²) in [5.41, 5.74) is 2.91. The van der Waals surface area contributed by atoms with Crippen LogP contribution in [0, 0.1) is 6.92 Å². The summed E-state index contributed by atoms with van der Waals surface area (Å²) in [6, 6.07) is 14.9. The van der Waals surface area contributed by atoms with Crippen molar-refractivity contribution < 1.29 is 14.3 Å². The first-order valence-electron chi connectivity index (χ1n) is 7.81. The molecule has 2 rings (SSSR count). The predicted octanol–water partition coefficient (Wildman–Crippen LogP) is 3.04. The van der Waals surface area contributed by atoms with Gasteiger partial charge in [0.15, 0.2) is 6.10 Å². The van der Waals surface area contributed by atoms with Gasteiger partial charge in [0.05, 0.1) is 0 Å². The second kappa shape index (κ2) is 8.15. The van der Waals surface area contributed by atoms with E-state index in [0.29, 0.717) is 18.0 Å². The van der Waals surface area contributed by atoms with Crippen molar-refractivity contribution in [2.45, 2.75) is 33.4 Å². The van der Waals surface area contributed by atoms with Crippen molar-refractivity contribution in [3.8, 4) is 5.75 Å². The topological polar surface area (TPSA) is 67.4 Å². The van der Waals surface area contributed by atoms with Crippen molar-refractivity contribution >= 4 is 17.5 Å². The minimum Gasteiger partial charge on any atom is -0.481 e. The Bertz CT molecular complexity index is 694. The minimum absolute atomic E-state index is 0.132. The van der Waals surface area contributed by atoms with Gasteiger partial charge in [-0.15, -0.1) is 0 Å². The van der Waals surface area contributed by atoms with Crippen LogP contribution in [-0.2, 0) is 16.1 Å². The van der Waals surface area contributed by atoms with Gasteiger partial charge < -0.3 is 15.4 Å². The Hall–Kier alpha value is -2.82. The minimum atomic E-state index is -0.609. The monoisotopic (exact) mass is 326 g/mol. The maximum absolute atomic E-state index is 12.1. The molecule has 5 nitrogen and oxygen atoms in total. The van der Waals surface area contributed by atoms with E-state index in [1.807, 2.05) is 31.2 Å². The molecule has 126 valence electrons. The van der Waals surface area contributed by atoms with Gasteiger partial charge in [0.1, 0.15) is 5.75 Å². The highest BCUT2D eigenvalue weighted by molar-refractivity contribution is 5.88. The highest BCUT2D eigenvalue weighted by Crippen LogP contribution is 2.17. The largest absolute Gasteiger partial charge is 0.481 e. The Morgan fingerprint density at radius 3 is 2.25 bits per heavy atom. The van der Waals surface area contributed by atoms with Gasteiger partial charge in [0, 0.05) is 19.2 Å². The number of amides is 2. The van der Waals surface area contributed by atoms with Gasteiger partial charge in [-0.05, 0) is 43.7 Å². The molecular formula is C19H22N2O3. The molecule has 0 bridgehead atoms. The van der Waals surface area contributed by atoms with Crippen LogP contribution >= 0.6 is 0 Å². The third-order valence-electron chi connectivity index (χ3n) is 3.44. The van der Waals surface area contributed by atoms with Gasteiger partial charge in [-0.3, -0.25) is 9.59 Å². The van der Waals surface area contributed by atoms with Crippen molar-refractivity contribution in [3.63, 3.8) is 0 Å². The molecule has 2 aromatic carbocycles. The average Bonchev–Trinajstić information content (AvgIpc) is 2.55. The molecule has 2 aromatic rings. The van der Waals surface area contributed by atoms with Gasteiger partial charge in [-0.2, -0.15) is 0 Å². The summed E-state index contributed by atoms with van der Waals surface area (Å²) in [6.07, 6.45) is -0.609. The number of carbonyl (C=O) groups excluding carboxylic acids is 2. The molecule has 0 aliphatic heterocycles. The van der Waals surface area contributed by atoms with Crippen molar-refractivity contribution in [2.75, 3.05) is 5.32 Å². The molecule has 0 spiro atoms. The second-order valence-corrected chi connectivity index (χ2v) is 5.67. The first-order chi connectivity index (χ1) is 11.4. The molecule has 0 aromatic heterocycles. The maximum Gasteiger partial charge on any atom is 0.261 e. The van der Waals surface area contributed by atoms with Gasteiger partial charge in [-0.25, -0.2) is 0 Å². The van der Waals surface area contributed by atoms with Gasteiger partial charge in [0.2, 0.25) is 5.91 Å². The van der Waals surface area contributed by atoms with E-state index in [-0.39, 0.29) is 11.8 Å². The first-order valence-corrected chi connectivity index (χ1v) is 7.81. The predicted molar refractivity (Wildman–Crippen MR) is 93.9 cm³/mol. The van der Waals surface area contributed by atoms with E-state index in [1.165, 1.54) is 12.5 Å². The molecule has 0 fully saturated rings. The molecule has 24 heavy (non-hydrogen) atoms. The molecule has 0 saturated heterocycles. The summed E-state index contributed by atoms with van der Waals surface area (Å²) in [6.45, 7) is 5.64. The third kappa shape index (κ3) is 5.43. The van der Waals surface area contributed by atoms with Crippen LogP contribution in [0.5, 0.6) is 5.75 Å². The maximum atomic E-state index is 12.1. The molecule has 0 heterocycles. The van der Waals surface area contributed by atoms with E-state index in [1.54, 1.807) is 31.2 Å². The van der Waals surface area contributed by atoms with Gasteiger partial charge in [0.25, 0.3) is 5.91 Å². The summed E-state index contributed by atoms with van der Waals surface area (Å²) < 4.78 is 5.62. The Balaban J connectivity index is 1.84. The van der Waals surface area contributed by atoms with Crippen LogP contribution in [0.2, 0.25) is 0 Å². The third-order valence-corrected chi connectivity index (χ3v) is 3.44. The van der Waals surface area contributed by atoms with Crippen LogP contribution in [-0.4, -0.2) is 17.9 Å². The molecule has 5 heteroatoms. The Kier molecular flexibility index (Phi) is 5.95. The normalized spacial score (nSPS) is 11.5. The molecule has 0 saturated carbocycles. The van der Waals surface area contributed by atoms with Crippen molar-refractivity contribution in [1.82, 2.24) is 5.32 Å². The quantitative estimate of drug-likeness (QED) is 0.857. The lowest BCUT2D eigenvalue weighted by Crippen LogP contribution is -2.35. The number of ether oxygens (including phenoxy) is 1. The van der Waals surface area contributed by atoms with E-state index in [9.17, 15) is 9.59 Å². The number of carbonyl (C=O) groups is 2. The number of rotatable bonds is 6. The summed E-state index contributed by atoms with van der Waals surface area (Å²) >= 11 is 0. The van der Waals surface area contributed by atoms with E-state index >= 15 is 0 Å². The van der Waals surface area contributed by atoms with Gasteiger partial charge in [-0.1, -0.05) is 29.8 Å². The highest BCUT2D eigenvalue weighted by atomic mass is 16.5. The smallest absolute Gasteiger partial charge is 0.261 e. The van der Waals surface area contributed by atoms with Crippen LogP contribution in [0.1, 0.15) is 25.0 Å². The number of nitrogens with one attached hydrogen (secondary N) is 2. The van der Waals surface area contributed by atoms with Crippen LogP contribution in [0.25, 0.3) is 0 Å². The second-order valence-electron chi connectivity index (χ2n) is 5.67. The molecule has 1 unspecified atom stereocenters. The van der Waals surface area contributed by atoms with Crippen molar-refractivity contribution in [3.05, 3.63) is 59.7 Å². The summed E-state index contributed by atoms with van der Waals surface area (Å²) in [5.74, 6) is 0.260. The van der Waals surface area contributed by atoms with Crippen LogP contribution in [0.3, 0.4) is 0 Å². The van der Waals surface area contributed by atoms with Crippen LogP contribution < -0.4 is 15.4 Å². The summed E-state index contributed by atoms with van der Waals surface area (Å²) in [5, 5.41) is 5.53. The highest BCUT2D eigenvalue weighted by Gasteiger charge is 2.14. The Morgan fingerprint density at radius 2 is 1.67 bits per heavy atom. The fraction of sp³-hybridized carbons (Fsp3) is 0.263. The molecule has 1 atom stereocenters.